The van der Waals surface area contributed by atoms with E-state index in [2.05, 4.69) is 15.6 Å². The predicted molar refractivity (Wildman–Crippen MR) is 89.9 cm³/mol. The molecule has 0 aliphatic carbocycles. The molecular formula is C14H21F3IN3. The summed E-state index contributed by atoms with van der Waals surface area (Å²) in [4.78, 5) is 4.27. The minimum absolute atomic E-state index is 0. The van der Waals surface area contributed by atoms with Crippen LogP contribution < -0.4 is 10.6 Å². The molecule has 0 saturated heterocycles. The Morgan fingerprint density at radius 1 is 1.29 bits per heavy atom. The van der Waals surface area contributed by atoms with Crippen molar-refractivity contribution < 1.29 is 13.2 Å². The van der Waals surface area contributed by atoms with Crippen molar-refractivity contribution in [2.24, 2.45) is 4.99 Å². The van der Waals surface area contributed by atoms with Gasteiger partial charge in [-0.3, -0.25) is 0 Å². The van der Waals surface area contributed by atoms with Crippen molar-refractivity contribution in [3.8, 4) is 0 Å². The molecule has 0 amide bonds. The van der Waals surface area contributed by atoms with Crippen molar-refractivity contribution in [1.82, 2.24) is 10.6 Å². The molecule has 120 valence electrons. The number of halogens is 4. The fourth-order valence-corrected chi connectivity index (χ4v) is 1.61. The molecular weight excluding hydrogens is 394 g/mol. The van der Waals surface area contributed by atoms with Gasteiger partial charge in [0.05, 0.1) is 12.1 Å². The van der Waals surface area contributed by atoms with E-state index in [-0.39, 0.29) is 36.6 Å². The summed E-state index contributed by atoms with van der Waals surface area (Å²) < 4.78 is 37.8. The zero-order chi connectivity index (χ0) is 15.2. The van der Waals surface area contributed by atoms with Gasteiger partial charge in [-0.15, -0.1) is 24.0 Å². The number of aliphatic imine (C=N–C) groups is 1. The van der Waals surface area contributed by atoms with E-state index < -0.39 is 11.7 Å². The molecule has 21 heavy (non-hydrogen) atoms. The van der Waals surface area contributed by atoms with E-state index in [9.17, 15) is 13.2 Å². The fourth-order valence-electron chi connectivity index (χ4n) is 1.61. The molecule has 2 N–H and O–H groups in total. The first-order valence-corrected chi connectivity index (χ1v) is 6.54. The van der Waals surface area contributed by atoms with Crippen LogP contribution in [0, 0.1) is 0 Å². The Morgan fingerprint density at radius 3 is 2.48 bits per heavy atom. The molecule has 0 heterocycles. The van der Waals surface area contributed by atoms with Gasteiger partial charge >= 0.3 is 6.18 Å². The van der Waals surface area contributed by atoms with Crippen molar-refractivity contribution in [3.05, 3.63) is 35.4 Å². The Balaban J connectivity index is 0.00000400. The van der Waals surface area contributed by atoms with Gasteiger partial charge in [0.15, 0.2) is 5.96 Å². The molecule has 0 fully saturated rings. The number of rotatable bonds is 4. The second-order valence-electron chi connectivity index (χ2n) is 4.69. The third kappa shape index (κ3) is 7.54. The zero-order valence-corrected chi connectivity index (χ0v) is 14.6. The number of benzene rings is 1. The van der Waals surface area contributed by atoms with Crippen molar-refractivity contribution >= 4 is 29.9 Å². The largest absolute Gasteiger partial charge is 0.416 e. The molecule has 0 spiro atoms. The third-order valence-electron chi connectivity index (χ3n) is 2.44. The van der Waals surface area contributed by atoms with E-state index in [0.29, 0.717) is 18.1 Å². The highest BCUT2D eigenvalue weighted by Gasteiger charge is 2.30. The van der Waals surface area contributed by atoms with Crippen molar-refractivity contribution in [1.29, 1.82) is 0 Å². The lowest BCUT2D eigenvalue weighted by Gasteiger charge is -2.14. The molecule has 0 saturated carbocycles. The number of hydrogen-bond donors (Lipinski definition) is 2. The SMILES string of the molecule is CCNC(=NCc1cccc(C(F)(F)F)c1)NC(C)C.I. The summed E-state index contributed by atoms with van der Waals surface area (Å²) in [5, 5.41) is 6.16. The molecule has 0 aliphatic heterocycles. The summed E-state index contributed by atoms with van der Waals surface area (Å²) in [5.41, 5.74) is -0.118. The highest BCUT2D eigenvalue weighted by Crippen LogP contribution is 2.29. The second-order valence-corrected chi connectivity index (χ2v) is 4.69. The van der Waals surface area contributed by atoms with Crippen molar-refractivity contribution in [2.75, 3.05) is 6.54 Å². The van der Waals surface area contributed by atoms with E-state index in [1.54, 1.807) is 6.07 Å². The number of alkyl halides is 3. The van der Waals surface area contributed by atoms with E-state index in [0.717, 1.165) is 12.1 Å². The number of guanidine groups is 1. The van der Waals surface area contributed by atoms with Crippen LogP contribution in [0.4, 0.5) is 13.2 Å². The number of nitrogens with one attached hydrogen (secondary N) is 2. The molecule has 0 aliphatic rings. The van der Waals surface area contributed by atoms with Crippen LogP contribution in [0.5, 0.6) is 0 Å². The molecule has 1 rings (SSSR count). The topological polar surface area (TPSA) is 36.4 Å². The fraction of sp³-hybridized carbons (Fsp3) is 0.500. The smallest absolute Gasteiger partial charge is 0.357 e. The quantitative estimate of drug-likeness (QED) is 0.446. The highest BCUT2D eigenvalue weighted by molar-refractivity contribution is 14.0. The maximum atomic E-state index is 12.6. The van der Waals surface area contributed by atoms with Crippen molar-refractivity contribution in [2.45, 2.75) is 39.5 Å². The van der Waals surface area contributed by atoms with Crippen molar-refractivity contribution in [3.63, 3.8) is 0 Å². The Bertz CT molecular complexity index is 459. The summed E-state index contributed by atoms with van der Waals surface area (Å²) in [6.07, 6.45) is -4.32. The maximum Gasteiger partial charge on any atom is 0.416 e. The van der Waals surface area contributed by atoms with Crippen LogP contribution in [0.3, 0.4) is 0 Å². The minimum atomic E-state index is -4.32. The van der Waals surface area contributed by atoms with E-state index >= 15 is 0 Å². The van der Waals surface area contributed by atoms with Crippen LogP contribution in [-0.2, 0) is 12.7 Å². The lowest BCUT2D eigenvalue weighted by molar-refractivity contribution is -0.137. The summed E-state index contributed by atoms with van der Waals surface area (Å²) in [5.74, 6) is 0.597. The second kappa shape index (κ2) is 9.11. The minimum Gasteiger partial charge on any atom is -0.357 e. The summed E-state index contributed by atoms with van der Waals surface area (Å²) in [6, 6.07) is 5.43. The summed E-state index contributed by atoms with van der Waals surface area (Å²) >= 11 is 0. The van der Waals surface area contributed by atoms with Gasteiger partial charge in [-0.25, -0.2) is 4.99 Å². The van der Waals surface area contributed by atoms with Crippen LogP contribution in [0.1, 0.15) is 31.9 Å². The van der Waals surface area contributed by atoms with Gasteiger partial charge in [0, 0.05) is 12.6 Å². The van der Waals surface area contributed by atoms with Gasteiger partial charge in [0.25, 0.3) is 0 Å². The Labute approximate surface area is 140 Å². The van der Waals surface area contributed by atoms with Gasteiger partial charge in [-0.2, -0.15) is 13.2 Å². The average Bonchev–Trinajstić information content (AvgIpc) is 2.35. The average molecular weight is 415 g/mol. The van der Waals surface area contributed by atoms with Gasteiger partial charge in [-0.05, 0) is 38.5 Å². The Hall–Kier alpha value is -0.990. The van der Waals surface area contributed by atoms with Gasteiger partial charge < -0.3 is 10.6 Å². The predicted octanol–water partition coefficient (Wildman–Crippen LogP) is 3.79. The van der Waals surface area contributed by atoms with E-state index in [1.165, 1.54) is 6.07 Å². The van der Waals surface area contributed by atoms with Crippen LogP contribution in [0.2, 0.25) is 0 Å². The third-order valence-corrected chi connectivity index (χ3v) is 2.44. The van der Waals surface area contributed by atoms with Gasteiger partial charge in [-0.1, -0.05) is 12.1 Å². The molecule has 0 unspecified atom stereocenters. The van der Waals surface area contributed by atoms with E-state index in [1.807, 2.05) is 20.8 Å². The first-order chi connectivity index (χ1) is 9.32. The van der Waals surface area contributed by atoms with Crippen LogP contribution >= 0.6 is 24.0 Å². The first kappa shape index (κ1) is 20.0. The molecule has 0 atom stereocenters. The van der Waals surface area contributed by atoms with Crippen LogP contribution in [0.15, 0.2) is 29.3 Å². The highest BCUT2D eigenvalue weighted by atomic mass is 127. The number of hydrogen-bond acceptors (Lipinski definition) is 1. The monoisotopic (exact) mass is 415 g/mol. The Morgan fingerprint density at radius 2 is 1.95 bits per heavy atom. The molecule has 0 aromatic heterocycles. The standard InChI is InChI=1S/C14H20F3N3.HI/c1-4-18-13(20-10(2)3)19-9-11-6-5-7-12(8-11)14(15,16)17;/h5-8,10H,4,9H2,1-3H3,(H2,18,19,20);1H. The molecule has 1 aromatic rings. The molecule has 7 heteroatoms. The first-order valence-electron chi connectivity index (χ1n) is 6.54. The molecule has 0 radical (unpaired) electrons. The summed E-state index contributed by atoms with van der Waals surface area (Å²) in [7, 11) is 0. The van der Waals surface area contributed by atoms with Crippen LogP contribution in [-0.4, -0.2) is 18.5 Å². The van der Waals surface area contributed by atoms with E-state index in [4.69, 9.17) is 0 Å². The Kier molecular flexibility index (Phi) is 8.68. The maximum absolute atomic E-state index is 12.6. The normalized spacial score (nSPS) is 12.0. The lowest BCUT2D eigenvalue weighted by Crippen LogP contribution is -2.41. The van der Waals surface area contributed by atoms with Crippen LogP contribution in [0.25, 0.3) is 0 Å². The lowest BCUT2D eigenvalue weighted by atomic mass is 10.1. The zero-order valence-electron chi connectivity index (χ0n) is 12.3. The molecule has 1 aromatic carbocycles. The summed E-state index contributed by atoms with van der Waals surface area (Å²) in [6.45, 7) is 6.77. The number of nitrogens with zero attached hydrogens (tertiary/aromatic N) is 1. The molecule has 3 nitrogen and oxygen atoms in total. The van der Waals surface area contributed by atoms with Gasteiger partial charge in [0.2, 0.25) is 0 Å². The molecule has 0 bridgehead atoms. The van der Waals surface area contributed by atoms with Gasteiger partial charge in [0.1, 0.15) is 0 Å².